The Labute approximate surface area is 187 Å². The van der Waals surface area contributed by atoms with E-state index >= 15 is 0 Å². The Hall–Kier alpha value is -4.10. The molecular formula is C31H22O. The molecule has 1 aliphatic rings. The molecule has 0 N–H and O–H groups in total. The lowest BCUT2D eigenvalue weighted by Gasteiger charge is -2.08. The van der Waals surface area contributed by atoms with Crippen molar-refractivity contribution in [1.29, 1.82) is 0 Å². The van der Waals surface area contributed by atoms with Crippen LogP contribution in [-0.2, 0) is 6.42 Å². The predicted molar refractivity (Wildman–Crippen MR) is 134 cm³/mol. The average molecular weight is 411 g/mol. The molecule has 0 saturated carbocycles. The standard InChI is InChI=1S/C19H14.C12H8O/c1-2-7-14(8-3-1)16-11-6-12-18-17-10-5-4-9-15(17)13-19(16)18;1-3-7-11-9(5-1)10-6-2-4-8-12(10)13-11/h1-12H,13H2;1-8H. The first-order valence-corrected chi connectivity index (χ1v) is 11.0. The van der Waals surface area contributed by atoms with E-state index < -0.39 is 0 Å². The van der Waals surface area contributed by atoms with Crippen LogP contribution in [0.25, 0.3) is 44.2 Å². The summed E-state index contributed by atoms with van der Waals surface area (Å²) >= 11 is 0. The van der Waals surface area contributed by atoms with Gasteiger partial charge in [-0.1, -0.05) is 109 Å². The second-order valence-corrected chi connectivity index (χ2v) is 8.13. The van der Waals surface area contributed by atoms with Crippen LogP contribution >= 0.6 is 0 Å². The highest BCUT2D eigenvalue weighted by atomic mass is 16.3. The molecule has 5 aromatic carbocycles. The van der Waals surface area contributed by atoms with E-state index in [0.717, 1.165) is 17.6 Å². The summed E-state index contributed by atoms with van der Waals surface area (Å²) in [5.41, 5.74) is 10.3. The van der Waals surface area contributed by atoms with Crippen LogP contribution in [0.15, 0.2) is 126 Å². The fourth-order valence-electron chi connectivity index (χ4n) is 4.72. The number of hydrogen-bond donors (Lipinski definition) is 0. The molecule has 0 spiro atoms. The summed E-state index contributed by atoms with van der Waals surface area (Å²) in [7, 11) is 0. The summed E-state index contributed by atoms with van der Waals surface area (Å²) in [5.74, 6) is 0. The zero-order valence-corrected chi connectivity index (χ0v) is 17.7. The zero-order valence-electron chi connectivity index (χ0n) is 17.7. The molecule has 0 bridgehead atoms. The van der Waals surface area contributed by atoms with Crippen LogP contribution < -0.4 is 0 Å². The van der Waals surface area contributed by atoms with Crippen molar-refractivity contribution in [2.24, 2.45) is 0 Å². The average Bonchev–Trinajstić information content (AvgIpc) is 3.43. The maximum Gasteiger partial charge on any atom is 0.135 e. The number of fused-ring (bicyclic) bond motifs is 6. The third kappa shape index (κ3) is 3.19. The first-order valence-electron chi connectivity index (χ1n) is 11.0. The monoisotopic (exact) mass is 410 g/mol. The van der Waals surface area contributed by atoms with Crippen LogP contribution in [-0.4, -0.2) is 0 Å². The van der Waals surface area contributed by atoms with Crippen molar-refractivity contribution in [3.05, 3.63) is 132 Å². The van der Waals surface area contributed by atoms with Crippen molar-refractivity contribution < 1.29 is 4.42 Å². The molecule has 1 heteroatoms. The molecule has 152 valence electrons. The summed E-state index contributed by atoms with van der Waals surface area (Å²) in [6, 6.07) is 42.3. The first kappa shape index (κ1) is 18.7. The largest absolute Gasteiger partial charge is 0.456 e. The highest BCUT2D eigenvalue weighted by molar-refractivity contribution is 6.04. The molecule has 1 aliphatic carbocycles. The van der Waals surface area contributed by atoms with E-state index in [4.69, 9.17) is 4.42 Å². The second kappa shape index (κ2) is 7.86. The Kier molecular flexibility index (Phi) is 4.58. The molecule has 1 heterocycles. The Morgan fingerprint density at radius 1 is 0.438 bits per heavy atom. The lowest BCUT2D eigenvalue weighted by atomic mass is 9.96. The van der Waals surface area contributed by atoms with Crippen molar-refractivity contribution in [3.63, 3.8) is 0 Å². The SMILES string of the molecule is c1ccc(-c2cccc3c2Cc2ccccc2-3)cc1.c1ccc2c(c1)oc1ccccc12. The fraction of sp³-hybridized carbons (Fsp3) is 0.0323. The van der Waals surface area contributed by atoms with Gasteiger partial charge in [-0.05, 0) is 51.9 Å². The maximum atomic E-state index is 5.65. The molecule has 0 aliphatic heterocycles. The smallest absolute Gasteiger partial charge is 0.135 e. The van der Waals surface area contributed by atoms with Gasteiger partial charge in [0.05, 0.1) is 0 Å². The molecule has 6 aromatic rings. The van der Waals surface area contributed by atoms with E-state index in [1.54, 1.807) is 0 Å². The fourth-order valence-corrected chi connectivity index (χ4v) is 4.72. The van der Waals surface area contributed by atoms with E-state index in [0.29, 0.717) is 0 Å². The van der Waals surface area contributed by atoms with Gasteiger partial charge in [-0.15, -0.1) is 0 Å². The summed E-state index contributed by atoms with van der Waals surface area (Å²) in [6.07, 6.45) is 1.05. The summed E-state index contributed by atoms with van der Waals surface area (Å²) in [4.78, 5) is 0. The van der Waals surface area contributed by atoms with Crippen molar-refractivity contribution in [2.75, 3.05) is 0 Å². The van der Waals surface area contributed by atoms with Gasteiger partial charge in [-0.25, -0.2) is 0 Å². The Morgan fingerprint density at radius 3 is 1.75 bits per heavy atom. The predicted octanol–water partition coefficient (Wildman–Crippen LogP) is 8.51. The summed E-state index contributed by atoms with van der Waals surface area (Å²) < 4.78 is 5.65. The third-order valence-electron chi connectivity index (χ3n) is 6.22. The molecule has 1 nitrogen and oxygen atoms in total. The molecule has 0 fully saturated rings. The van der Waals surface area contributed by atoms with E-state index in [9.17, 15) is 0 Å². The van der Waals surface area contributed by atoms with Crippen LogP contribution in [0, 0.1) is 0 Å². The molecule has 32 heavy (non-hydrogen) atoms. The van der Waals surface area contributed by atoms with E-state index in [1.165, 1.54) is 44.2 Å². The van der Waals surface area contributed by atoms with Gasteiger partial charge in [0.15, 0.2) is 0 Å². The molecule has 0 atom stereocenters. The highest BCUT2D eigenvalue weighted by Crippen LogP contribution is 2.41. The van der Waals surface area contributed by atoms with Crippen molar-refractivity contribution in [3.8, 4) is 22.3 Å². The summed E-state index contributed by atoms with van der Waals surface area (Å²) in [6.45, 7) is 0. The van der Waals surface area contributed by atoms with Crippen molar-refractivity contribution in [1.82, 2.24) is 0 Å². The number of hydrogen-bond acceptors (Lipinski definition) is 1. The first-order chi connectivity index (χ1) is 15.9. The topological polar surface area (TPSA) is 13.1 Å². The number of furan rings is 1. The molecular weight excluding hydrogens is 388 g/mol. The van der Waals surface area contributed by atoms with Crippen LogP contribution in [0.1, 0.15) is 11.1 Å². The highest BCUT2D eigenvalue weighted by Gasteiger charge is 2.20. The van der Waals surface area contributed by atoms with Gasteiger partial charge < -0.3 is 4.42 Å². The van der Waals surface area contributed by atoms with Gasteiger partial charge in [-0.3, -0.25) is 0 Å². The minimum atomic E-state index is 0.962. The van der Waals surface area contributed by atoms with E-state index in [1.807, 2.05) is 36.4 Å². The molecule has 0 radical (unpaired) electrons. The lowest BCUT2D eigenvalue weighted by molar-refractivity contribution is 0.669. The Balaban J connectivity index is 0.000000131. The molecule has 0 saturated heterocycles. The lowest BCUT2D eigenvalue weighted by Crippen LogP contribution is -1.87. The van der Waals surface area contributed by atoms with Crippen molar-refractivity contribution >= 4 is 21.9 Å². The minimum absolute atomic E-state index is 0.962. The normalized spacial score (nSPS) is 11.6. The van der Waals surface area contributed by atoms with Gasteiger partial charge in [0.2, 0.25) is 0 Å². The maximum absolute atomic E-state index is 5.65. The quantitative estimate of drug-likeness (QED) is 0.264. The second-order valence-electron chi connectivity index (χ2n) is 8.13. The molecule has 0 amide bonds. The van der Waals surface area contributed by atoms with Crippen molar-refractivity contribution in [2.45, 2.75) is 6.42 Å². The molecule has 1 aromatic heterocycles. The van der Waals surface area contributed by atoms with Gasteiger partial charge in [0, 0.05) is 10.8 Å². The minimum Gasteiger partial charge on any atom is -0.456 e. The van der Waals surface area contributed by atoms with E-state index in [2.05, 4.69) is 84.9 Å². The third-order valence-corrected chi connectivity index (χ3v) is 6.22. The zero-order chi connectivity index (χ0) is 21.3. The number of benzene rings is 5. The number of rotatable bonds is 1. The van der Waals surface area contributed by atoms with Gasteiger partial charge in [0.1, 0.15) is 11.2 Å². The summed E-state index contributed by atoms with van der Waals surface area (Å²) in [5, 5.41) is 2.39. The Morgan fingerprint density at radius 2 is 1.00 bits per heavy atom. The number of para-hydroxylation sites is 2. The van der Waals surface area contributed by atoms with Gasteiger partial charge >= 0.3 is 0 Å². The molecule has 0 unspecified atom stereocenters. The van der Waals surface area contributed by atoms with Crippen LogP contribution in [0.4, 0.5) is 0 Å². The molecule has 7 rings (SSSR count). The Bertz CT molecular complexity index is 1490. The van der Waals surface area contributed by atoms with Crippen LogP contribution in [0.5, 0.6) is 0 Å². The van der Waals surface area contributed by atoms with E-state index in [-0.39, 0.29) is 0 Å². The van der Waals surface area contributed by atoms with Gasteiger partial charge in [0.25, 0.3) is 0 Å². The van der Waals surface area contributed by atoms with Crippen LogP contribution in [0.3, 0.4) is 0 Å². The van der Waals surface area contributed by atoms with Crippen LogP contribution in [0.2, 0.25) is 0 Å². The van der Waals surface area contributed by atoms with Gasteiger partial charge in [-0.2, -0.15) is 0 Å².